The Labute approximate surface area is 112 Å². The molecule has 0 aliphatic carbocycles. The summed E-state index contributed by atoms with van der Waals surface area (Å²) in [5, 5.41) is 17.2. The smallest absolute Gasteiger partial charge is 0.221 e. The number of amides is 1. The number of thiophene rings is 1. The maximum atomic E-state index is 11.1. The number of anilines is 1. The first-order chi connectivity index (χ1) is 8.54. The van der Waals surface area contributed by atoms with Gasteiger partial charge in [0, 0.05) is 31.0 Å². The minimum atomic E-state index is -0.0505. The second kappa shape index (κ2) is 7.51. The molecule has 1 rings (SSSR count). The van der Waals surface area contributed by atoms with Crippen molar-refractivity contribution >= 4 is 22.9 Å². The van der Waals surface area contributed by atoms with Gasteiger partial charge in [0.25, 0.3) is 0 Å². The van der Waals surface area contributed by atoms with Crippen LogP contribution in [0.5, 0.6) is 0 Å². The third-order valence-electron chi connectivity index (χ3n) is 2.83. The van der Waals surface area contributed by atoms with Gasteiger partial charge in [-0.1, -0.05) is 13.8 Å². The number of aliphatic hydroxyl groups excluding tert-OH is 1. The van der Waals surface area contributed by atoms with Crippen LogP contribution in [0.15, 0.2) is 11.4 Å². The molecule has 18 heavy (non-hydrogen) atoms. The summed E-state index contributed by atoms with van der Waals surface area (Å²) in [6.45, 7) is 6.69. The Morgan fingerprint density at radius 1 is 1.50 bits per heavy atom. The number of rotatable bonds is 7. The van der Waals surface area contributed by atoms with Crippen molar-refractivity contribution in [2.75, 3.05) is 11.9 Å². The molecule has 3 N–H and O–H groups in total. The predicted molar refractivity (Wildman–Crippen MR) is 75.8 cm³/mol. The average molecular weight is 270 g/mol. The van der Waals surface area contributed by atoms with Gasteiger partial charge in [0.15, 0.2) is 0 Å². The number of carbonyl (C=O) groups excluding carboxylic acids is 1. The molecule has 4 nitrogen and oxygen atoms in total. The fourth-order valence-electron chi connectivity index (χ4n) is 1.81. The summed E-state index contributed by atoms with van der Waals surface area (Å²) in [7, 11) is 0. The van der Waals surface area contributed by atoms with Gasteiger partial charge in [-0.2, -0.15) is 0 Å². The summed E-state index contributed by atoms with van der Waals surface area (Å²) in [6.07, 6.45) is 0.749. The Hall–Kier alpha value is -0.910. The molecule has 1 heterocycles. The van der Waals surface area contributed by atoms with E-state index >= 15 is 0 Å². The Morgan fingerprint density at radius 3 is 2.78 bits per heavy atom. The molecule has 102 valence electrons. The molecule has 5 heteroatoms. The number of aliphatic hydroxyl groups is 1. The Kier molecular flexibility index (Phi) is 6.32. The van der Waals surface area contributed by atoms with E-state index in [4.69, 9.17) is 5.11 Å². The zero-order chi connectivity index (χ0) is 13.5. The SMILES string of the molecule is CC(=O)Nc1ccsc1CNC(CCO)C(C)C. The first-order valence-corrected chi connectivity index (χ1v) is 7.10. The molecule has 1 aromatic rings. The standard InChI is InChI=1S/C13H22N2O2S/c1-9(2)11(4-6-16)14-8-13-12(5-7-18-13)15-10(3)17/h5,7,9,11,14,16H,4,6,8H2,1-3H3,(H,15,17). The van der Waals surface area contributed by atoms with Crippen LogP contribution in [0.2, 0.25) is 0 Å². The summed E-state index contributed by atoms with van der Waals surface area (Å²) < 4.78 is 0. The van der Waals surface area contributed by atoms with Gasteiger partial charge in [-0.3, -0.25) is 4.79 Å². The van der Waals surface area contributed by atoms with Crippen molar-refractivity contribution in [3.8, 4) is 0 Å². The Balaban J connectivity index is 2.56. The number of carbonyl (C=O) groups is 1. The monoisotopic (exact) mass is 270 g/mol. The molecule has 0 aliphatic heterocycles. The molecule has 0 saturated heterocycles. The van der Waals surface area contributed by atoms with Gasteiger partial charge in [-0.25, -0.2) is 0 Å². The summed E-state index contributed by atoms with van der Waals surface area (Å²) in [5.41, 5.74) is 0.881. The molecule has 0 fully saturated rings. The second-order valence-corrected chi connectivity index (χ2v) is 5.68. The molecule has 0 saturated carbocycles. The first-order valence-electron chi connectivity index (χ1n) is 6.22. The molecule has 1 unspecified atom stereocenters. The quantitative estimate of drug-likeness (QED) is 0.712. The van der Waals surface area contributed by atoms with Crippen molar-refractivity contribution in [1.82, 2.24) is 5.32 Å². The van der Waals surface area contributed by atoms with Crippen LogP contribution in [0.1, 0.15) is 32.1 Å². The fourth-order valence-corrected chi connectivity index (χ4v) is 2.59. The van der Waals surface area contributed by atoms with Gasteiger partial charge >= 0.3 is 0 Å². The minimum absolute atomic E-state index is 0.0505. The number of nitrogens with one attached hydrogen (secondary N) is 2. The number of hydrogen-bond donors (Lipinski definition) is 3. The molecule has 0 aromatic carbocycles. The van der Waals surface area contributed by atoms with Crippen molar-refractivity contribution in [3.63, 3.8) is 0 Å². The largest absolute Gasteiger partial charge is 0.396 e. The van der Waals surface area contributed by atoms with Crippen molar-refractivity contribution in [2.24, 2.45) is 5.92 Å². The highest BCUT2D eigenvalue weighted by molar-refractivity contribution is 7.10. The van der Waals surface area contributed by atoms with Gasteiger partial charge in [-0.05, 0) is 23.8 Å². The van der Waals surface area contributed by atoms with E-state index in [1.54, 1.807) is 11.3 Å². The zero-order valence-corrected chi connectivity index (χ0v) is 12.0. The van der Waals surface area contributed by atoms with Gasteiger partial charge in [0.05, 0.1) is 5.69 Å². The molecular formula is C13H22N2O2S. The highest BCUT2D eigenvalue weighted by Gasteiger charge is 2.13. The molecular weight excluding hydrogens is 248 g/mol. The topological polar surface area (TPSA) is 61.4 Å². The van der Waals surface area contributed by atoms with Crippen LogP contribution < -0.4 is 10.6 Å². The lowest BCUT2D eigenvalue weighted by Gasteiger charge is -2.21. The fraction of sp³-hybridized carbons (Fsp3) is 0.615. The van der Waals surface area contributed by atoms with E-state index in [1.165, 1.54) is 6.92 Å². The molecule has 0 radical (unpaired) electrons. The zero-order valence-electron chi connectivity index (χ0n) is 11.2. The first kappa shape index (κ1) is 15.1. The highest BCUT2D eigenvalue weighted by Crippen LogP contribution is 2.22. The van der Waals surface area contributed by atoms with Gasteiger partial charge < -0.3 is 15.7 Å². The van der Waals surface area contributed by atoms with E-state index in [0.717, 1.165) is 23.5 Å². The van der Waals surface area contributed by atoms with Crippen LogP contribution >= 0.6 is 11.3 Å². The second-order valence-electron chi connectivity index (χ2n) is 4.68. The van der Waals surface area contributed by atoms with E-state index in [2.05, 4.69) is 24.5 Å². The van der Waals surface area contributed by atoms with Crippen molar-refractivity contribution < 1.29 is 9.90 Å². The third kappa shape index (κ3) is 4.76. The third-order valence-corrected chi connectivity index (χ3v) is 3.75. The van der Waals surface area contributed by atoms with E-state index in [1.807, 2.05) is 11.4 Å². The van der Waals surface area contributed by atoms with Crippen LogP contribution in [0.3, 0.4) is 0 Å². The Bertz CT molecular complexity index is 377. The molecule has 0 spiro atoms. The average Bonchev–Trinajstić information content (AvgIpc) is 2.70. The predicted octanol–water partition coefficient (Wildman–Crippen LogP) is 2.20. The minimum Gasteiger partial charge on any atom is -0.396 e. The van der Waals surface area contributed by atoms with E-state index in [-0.39, 0.29) is 12.5 Å². The van der Waals surface area contributed by atoms with E-state index in [0.29, 0.717) is 12.0 Å². The highest BCUT2D eigenvalue weighted by atomic mass is 32.1. The molecule has 0 bridgehead atoms. The van der Waals surface area contributed by atoms with Gasteiger partial charge in [0.2, 0.25) is 5.91 Å². The van der Waals surface area contributed by atoms with Crippen LogP contribution in [-0.2, 0) is 11.3 Å². The Morgan fingerprint density at radius 2 is 2.22 bits per heavy atom. The summed E-state index contributed by atoms with van der Waals surface area (Å²) >= 11 is 1.62. The molecule has 1 amide bonds. The van der Waals surface area contributed by atoms with E-state index < -0.39 is 0 Å². The van der Waals surface area contributed by atoms with Crippen molar-refractivity contribution in [2.45, 2.75) is 39.8 Å². The molecule has 1 aromatic heterocycles. The normalized spacial score (nSPS) is 12.7. The van der Waals surface area contributed by atoms with Crippen LogP contribution in [0, 0.1) is 5.92 Å². The van der Waals surface area contributed by atoms with Crippen LogP contribution in [0.4, 0.5) is 5.69 Å². The number of hydrogen-bond acceptors (Lipinski definition) is 4. The van der Waals surface area contributed by atoms with E-state index in [9.17, 15) is 4.79 Å². The molecule has 0 aliphatic rings. The maximum absolute atomic E-state index is 11.1. The van der Waals surface area contributed by atoms with Crippen LogP contribution in [0.25, 0.3) is 0 Å². The molecule has 1 atom stereocenters. The van der Waals surface area contributed by atoms with Crippen molar-refractivity contribution in [3.05, 3.63) is 16.3 Å². The van der Waals surface area contributed by atoms with Crippen molar-refractivity contribution in [1.29, 1.82) is 0 Å². The lowest BCUT2D eigenvalue weighted by Crippen LogP contribution is -2.34. The lowest BCUT2D eigenvalue weighted by molar-refractivity contribution is -0.114. The van der Waals surface area contributed by atoms with Gasteiger partial charge in [-0.15, -0.1) is 11.3 Å². The van der Waals surface area contributed by atoms with Gasteiger partial charge in [0.1, 0.15) is 0 Å². The maximum Gasteiger partial charge on any atom is 0.221 e. The van der Waals surface area contributed by atoms with Crippen LogP contribution in [-0.4, -0.2) is 23.7 Å². The summed E-state index contributed by atoms with van der Waals surface area (Å²) in [4.78, 5) is 12.2. The lowest BCUT2D eigenvalue weighted by atomic mass is 10.0. The summed E-state index contributed by atoms with van der Waals surface area (Å²) in [5.74, 6) is 0.423. The summed E-state index contributed by atoms with van der Waals surface area (Å²) in [6, 6.07) is 2.21.